The van der Waals surface area contributed by atoms with Crippen LogP contribution < -0.4 is 10.2 Å². The van der Waals surface area contributed by atoms with Gasteiger partial charge in [-0.3, -0.25) is 4.40 Å². The van der Waals surface area contributed by atoms with Gasteiger partial charge in [-0.15, -0.1) is 11.3 Å². The molecule has 0 amide bonds. The molecule has 126 valence electrons. The van der Waals surface area contributed by atoms with E-state index in [2.05, 4.69) is 63.9 Å². The molecule has 1 aromatic carbocycles. The van der Waals surface area contributed by atoms with Crippen molar-refractivity contribution in [3.05, 3.63) is 52.3 Å². The van der Waals surface area contributed by atoms with Gasteiger partial charge in [0.15, 0.2) is 4.96 Å². The van der Waals surface area contributed by atoms with E-state index in [1.165, 1.54) is 47.8 Å². The van der Waals surface area contributed by atoms with Crippen molar-refractivity contribution in [2.45, 2.75) is 39.8 Å². The number of rotatable bonds is 5. The lowest BCUT2D eigenvalue weighted by Crippen LogP contribution is -2.18. The molecule has 5 heteroatoms. The Bertz CT molecular complexity index is 825. The van der Waals surface area contributed by atoms with Crippen LogP contribution in [0, 0.1) is 13.8 Å². The molecule has 0 unspecified atom stereocenters. The van der Waals surface area contributed by atoms with Crippen LogP contribution in [0.2, 0.25) is 0 Å². The summed E-state index contributed by atoms with van der Waals surface area (Å²) in [6.45, 7) is 8.36. The van der Waals surface area contributed by atoms with Crippen LogP contribution in [0.25, 0.3) is 4.96 Å². The Hall–Kier alpha value is -1.85. The summed E-state index contributed by atoms with van der Waals surface area (Å²) in [4.78, 5) is 9.52. The quantitative estimate of drug-likeness (QED) is 0.764. The fourth-order valence-corrected chi connectivity index (χ4v) is 4.34. The summed E-state index contributed by atoms with van der Waals surface area (Å²) in [7, 11) is 0. The van der Waals surface area contributed by atoms with Crippen LogP contribution in [-0.4, -0.2) is 22.5 Å². The lowest BCUT2D eigenvalue weighted by Gasteiger charge is -2.17. The number of aromatic nitrogens is 2. The number of nitrogens with one attached hydrogen (secondary N) is 1. The zero-order valence-electron chi connectivity index (χ0n) is 14.4. The predicted molar refractivity (Wildman–Crippen MR) is 101 cm³/mol. The first kappa shape index (κ1) is 15.7. The highest BCUT2D eigenvalue weighted by Gasteiger charge is 2.12. The maximum atomic E-state index is 4.65. The van der Waals surface area contributed by atoms with E-state index in [0.29, 0.717) is 0 Å². The van der Waals surface area contributed by atoms with Crippen molar-refractivity contribution in [2.24, 2.45) is 0 Å². The molecule has 1 aliphatic heterocycles. The van der Waals surface area contributed by atoms with E-state index < -0.39 is 0 Å². The number of benzene rings is 1. The number of anilines is 1. The van der Waals surface area contributed by atoms with Gasteiger partial charge in [0.1, 0.15) is 0 Å². The minimum Gasteiger partial charge on any atom is -0.372 e. The fourth-order valence-electron chi connectivity index (χ4n) is 3.45. The van der Waals surface area contributed by atoms with E-state index in [0.717, 1.165) is 23.7 Å². The minimum absolute atomic E-state index is 0.844. The summed E-state index contributed by atoms with van der Waals surface area (Å²) in [5.74, 6) is 0. The number of nitrogens with zero attached hydrogens (tertiary/aromatic N) is 3. The van der Waals surface area contributed by atoms with Crippen molar-refractivity contribution in [3.8, 4) is 0 Å². The van der Waals surface area contributed by atoms with Gasteiger partial charge >= 0.3 is 0 Å². The van der Waals surface area contributed by atoms with E-state index in [4.69, 9.17) is 0 Å². The van der Waals surface area contributed by atoms with Gasteiger partial charge in [0.25, 0.3) is 0 Å². The summed E-state index contributed by atoms with van der Waals surface area (Å²) < 4.78 is 2.22. The van der Waals surface area contributed by atoms with Crippen LogP contribution in [-0.2, 0) is 13.1 Å². The predicted octanol–water partition coefficient (Wildman–Crippen LogP) is 3.90. The van der Waals surface area contributed by atoms with Gasteiger partial charge in [-0.05, 0) is 44.4 Å². The highest BCUT2D eigenvalue weighted by molar-refractivity contribution is 7.17. The molecule has 0 atom stereocenters. The van der Waals surface area contributed by atoms with Gasteiger partial charge in [-0.25, -0.2) is 4.98 Å². The topological polar surface area (TPSA) is 32.6 Å². The second kappa shape index (κ2) is 6.57. The van der Waals surface area contributed by atoms with E-state index in [9.17, 15) is 0 Å². The smallest absolute Gasteiger partial charge is 0.194 e. The average molecular weight is 340 g/mol. The lowest BCUT2D eigenvalue weighted by molar-refractivity contribution is 0.672. The second-order valence-electron chi connectivity index (χ2n) is 6.60. The lowest BCUT2D eigenvalue weighted by atomic mass is 10.2. The zero-order valence-corrected chi connectivity index (χ0v) is 15.2. The van der Waals surface area contributed by atoms with Crippen molar-refractivity contribution in [1.82, 2.24) is 14.7 Å². The van der Waals surface area contributed by atoms with Crippen LogP contribution in [0.5, 0.6) is 0 Å². The molecule has 0 radical (unpaired) electrons. The van der Waals surface area contributed by atoms with Gasteiger partial charge in [0.05, 0.1) is 11.4 Å². The van der Waals surface area contributed by atoms with Gasteiger partial charge in [-0.2, -0.15) is 0 Å². The SMILES string of the molecule is Cc1cn2c(CNCc3ccc(N4CCCC4)cc3)c(C)nc2s1. The number of aryl methyl sites for hydroxylation is 2. The molecule has 3 aromatic rings. The maximum Gasteiger partial charge on any atom is 0.194 e. The van der Waals surface area contributed by atoms with Crippen molar-refractivity contribution < 1.29 is 0 Å². The molecule has 4 nitrogen and oxygen atoms in total. The van der Waals surface area contributed by atoms with Crippen molar-refractivity contribution in [1.29, 1.82) is 0 Å². The van der Waals surface area contributed by atoms with Crippen molar-refractivity contribution >= 4 is 22.0 Å². The first-order valence-electron chi connectivity index (χ1n) is 8.69. The Balaban J connectivity index is 1.38. The van der Waals surface area contributed by atoms with Gasteiger partial charge in [0, 0.05) is 42.9 Å². The molecule has 4 rings (SSSR count). The number of imidazole rings is 1. The van der Waals surface area contributed by atoms with Crippen LogP contribution in [0.3, 0.4) is 0 Å². The van der Waals surface area contributed by atoms with Crippen LogP contribution in [0.4, 0.5) is 5.69 Å². The summed E-state index contributed by atoms with van der Waals surface area (Å²) in [5, 5.41) is 3.57. The molecule has 0 spiro atoms. The number of hydrogen-bond acceptors (Lipinski definition) is 4. The standard InChI is InChI=1S/C19H24N4S/c1-14-13-23-18(15(2)21-19(23)24-14)12-20-11-16-5-7-17(8-6-16)22-9-3-4-10-22/h5-8,13,20H,3-4,9-12H2,1-2H3. The average Bonchev–Trinajstić information content (AvgIpc) is 3.27. The first-order chi connectivity index (χ1) is 11.7. The second-order valence-corrected chi connectivity index (χ2v) is 7.82. The molecule has 1 N–H and O–H groups in total. The summed E-state index contributed by atoms with van der Waals surface area (Å²) in [6, 6.07) is 9.00. The third kappa shape index (κ3) is 3.06. The van der Waals surface area contributed by atoms with Gasteiger partial charge in [0.2, 0.25) is 0 Å². The maximum absolute atomic E-state index is 4.65. The fraction of sp³-hybridized carbons (Fsp3) is 0.421. The van der Waals surface area contributed by atoms with Crippen LogP contribution in [0.15, 0.2) is 30.5 Å². The number of thiazole rings is 1. The third-order valence-electron chi connectivity index (χ3n) is 4.77. The summed E-state index contributed by atoms with van der Waals surface area (Å²) >= 11 is 1.75. The molecular formula is C19H24N4S. The Morgan fingerprint density at radius 1 is 1.08 bits per heavy atom. The summed E-state index contributed by atoms with van der Waals surface area (Å²) in [5.41, 5.74) is 5.08. The Labute approximate surface area is 147 Å². The molecule has 0 saturated carbocycles. The largest absolute Gasteiger partial charge is 0.372 e. The monoisotopic (exact) mass is 340 g/mol. The van der Waals surface area contributed by atoms with E-state index in [1.54, 1.807) is 11.3 Å². The highest BCUT2D eigenvalue weighted by Crippen LogP contribution is 2.22. The van der Waals surface area contributed by atoms with Crippen LogP contribution in [0.1, 0.15) is 34.7 Å². The van der Waals surface area contributed by atoms with E-state index in [-0.39, 0.29) is 0 Å². The Kier molecular flexibility index (Phi) is 4.29. The first-order valence-corrected chi connectivity index (χ1v) is 9.51. The van der Waals surface area contributed by atoms with Gasteiger partial charge < -0.3 is 10.2 Å². The summed E-state index contributed by atoms with van der Waals surface area (Å²) in [6.07, 6.45) is 4.83. The van der Waals surface area contributed by atoms with Crippen molar-refractivity contribution in [3.63, 3.8) is 0 Å². The van der Waals surface area contributed by atoms with Crippen LogP contribution >= 0.6 is 11.3 Å². The van der Waals surface area contributed by atoms with E-state index >= 15 is 0 Å². The van der Waals surface area contributed by atoms with E-state index in [1.807, 2.05) is 0 Å². The van der Waals surface area contributed by atoms with Crippen molar-refractivity contribution in [2.75, 3.05) is 18.0 Å². The minimum atomic E-state index is 0.844. The zero-order chi connectivity index (χ0) is 16.5. The number of fused-ring (bicyclic) bond motifs is 1. The normalized spacial score (nSPS) is 14.8. The molecular weight excluding hydrogens is 316 g/mol. The molecule has 0 bridgehead atoms. The molecule has 0 aliphatic carbocycles. The molecule has 2 aromatic heterocycles. The molecule has 1 aliphatic rings. The number of hydrogen-bond donors (Lipinski definition) is 1. The third-order valence-corrected chi connectivity index (χ3v) is 5.67. The molecule has 24 heavy (non-hydrogen) atoms. The molecule has 3 heterocycles. The van der Waals surface area contributed by atoms with Gasteiger partial charge in [-0.1, -0.05) is 12.1 Å². The molecule has 1 fully saturated rings. The molecule has 1 saturated heterocycles. The Morgan fingerprint density at radius 3 is 2.58 bits per heavy atom. The highest BCUT2D eigenvalue weighted by atomic mass is 32.1. The Morgan fingerprint density at radius 2 is 1.83 bits per heavy atom.